The highest BCUT2D eigenvalue weighted by molar-refractivity contribution is 7.57. The largest absolute Gasteiger partial charge is 0.424 e. The molecule has 0 amide bonds. The Hall–Kier alpha value is 1.04. The minimum atomic E-state index is -1.34. The van der Waals surface area contributed by atoms with Crippen LogP contribution in [0.15, 0.2) is 0 Å². The molecule has 0 unspecified atom stereocenters. The Morgan fingerprint density at radius 3 is 1.61 bits per heavy atom. The molecule has 6 heteroatoms. The number of hydrogen-bond acceptors (Lipinski definition) is 1. The van der Waals surface area contributed by atoms with Gasteiger partial charge in [0.2, 0.25) is 0 Å². The third-order valence-corrected chi connectivity index (χ3v) is 37.8. The van der Waals surface area contributed by atoms with E-state index < -0.39 is 7.35 Å². The van der Waals surface area contributed by atoms with Gasteiger partial charge in [-0.2, -0.15) is 0 Å². The molecular weight excluding hydrogens is 301 g/mol. The van der Waals surface area contributed by atoms with Crippen molar-refractivity contribution in [3.63, 3.8) is 0 Å². The second-order valence-corrected chi connectivity index (χ2v) is 31.4. The van der Waals surface area contributed by atoms with E-state index in [1.807, 2.05) is 0 Å². The van der Waals surface area contributed by atoms with Crippen molar-refractivity contribution in [2.24, 2.45) is 0 Å². The standard InChI is InChI=1S/C12H30OSi5/c1-14(2)12(15(3)4)10-9-11-18(13-12,16(5)6)17(7)8/h9-11H2,1-8H3. The summed E-state index contributed by atoms with van der Waals surface area (Å²) in [5, 5.41) is 0. The summed E-state index contributed by atoms with van der Waals surface area (Å²) in [4.78, 5) is 0.393. The zero-order valence-electron chi connectivity index (χ0n) is 13.5. The van der Waals surface area contributed by atoms with E-state index in [4.69, 9.17) is 4.43 Å². The van der Waals surface area contributed by atoms with Crippen LogP contribution >= 0.6 is 0 Å². The Kier molecular flexibility index (Phi) is 5.90. The van der Waals surface area contributed by atoms with Crippen LogP contribution in [0.2, 0.25) is 58.4 Å². The average molecular weight is 331 g/mol. The topological polar surface area (TPSA) is 9.23 Å². The van der Waals surface area contributed by atoms with Crippen molar-refractivity contribution >= 4 is 41.6 Å². The molecule has 0 aromatic rings. The Balaban J connectivity index is 3.13. The van der Waals surface area contributed by atoms with Crippen molar-refractivity contribution in [3.8, 4) is 0 Å². The van der Waals surface area contributed by atoms with Gasteiger partial charge in [-0.05, 0) is 12.5 Å². The molecule has 1 aliphatic rings. The van der Waals surface area contributed by atoms with Gasteiger partial charge in [0.25, 0.3) is 0 Å². The minimum absolute atomic E-state index is 0.236. The lowest BCUT2D eigenvalue weighted by Gasteiger charge is -2.54. The van der Waals surface area contributed by atoms with Gasteiger partial charge in [0.15, 0.2) is 7.35 Å². The van der Waals surface area contributed by atoms with Gasteiger partial charge in [-0.1, -0.05) is 58.8 Å². The maximum atomic E-state index is 7.23. The summed E-state index contributed by atoms with van der Waals surface area (Å²) < 4.78 is 7.23. The average Bonchev–Trinajstić information content (AvgIpc) is 2.27. The second kappa shape index (κ2) is 6.21. The summed E-state index contributed by atoms with van der Waals surface area (Å²) in [6.45, 7) is 20.2. The summed E-state index contributed by atoms with van der Waals surface area (Å²) in [6, 6.07) is 1.49. The molecule has 0 spiro atoms. The van der Waals surface area contributed by atoms with Crippen LogP contribution in [0.25, 0.3) is 0 Å². The van der Waals surface area contributed by atoms with Gasteiger partial charge < -0.3 is 4.43 Å². The van der Waals surface area contributed by atoms with Crippen LogP contribution in [0.5, 0.6) is 0 Å². The van der Waals surface area contributed by atoms with Gasteiger partial charge in [-0.15, -0.1) is 0 Å². The summed E-state index contributed by atoms with van der Waals surface area (Å²) >= 11 is 0. The van der Waals surface area contributed by atoms with E-state index in [0.29, 0.717) is 4.85 Å². The van der Waals surface area contributed by atoms with Gasteiger partial charge in [0.1, 0.15) is 0 Å². The van der Waals surface area contributed by atoms with Crippen LogP contribution in [0, 0.1) is 0 Å². The maximum Gasteiger partial charge on any atom is 0.163 e. The first kappa shape index (κ1) is 17.1. The molecule has 0 bridgehead atoms. The second-order valence-electron chi connectivity index (χ2n) is 6.61. The van der Waals surface area contributed by atoms with Gasteiger partial charge in [0.05, 0.1) is 34.2 Å². The van der Waals surface area contributed by atoms with Crippen molar-refractivity contribution in [1.29, 1.82) is 0 Å². The van der Waals surface area contributed by atoms with E-state index in [2.05, 4.69) is 52.4 Å². The Bertz CT molecular complexity index is 236. The molecule has 1 fully saturated rings. The van der Waals surface area contributed by atoms with Crippen LogP contribution in [0.1, 0.15) is 12.8 Å². The van der Waals surface area contributed by atoms with Crippen LogP contribution in [0.4, 0.5) is 0 Å². The quantitative estimate of drug-likeness (QED) is 0.714. The van der Waals surface area contributed by atoms with Gasteiger partial charge >= 0.3 is 0 Å². The molecule has 0 aliphatic carbocycles. The lowest BCUT2D eigenvalue weighted by molar-refractivity contribution is 0.194. The zero-order valence-corrected chi connectivity index (χ0v) is 18.5. The van der Waals surface area contributed by atoms with Crippen molar-refractivity contribution in [1.82, 2.24) is 0 Å². The smallest absolute Gasteiger partial charge is 0.163 e. The molecule has 1 nitrogen and oxygen atoms in total. The van der Waals surface area contributed by atoms with E-state index in [1.54, 1.807) is 0 Å². The Morgan fingerprint density at radius 2 is 1.28 bits per heavy atom. The first-order valence-electron chi connectivity index (χ1n) is 7.12. The predicted molar refractivity (Wildman–Crippen MR) is 93.5 cm³/mol. The number of hydrogen-bond donors (Lipinski definition) is 0. The van der Waals surface area contributed by atoms with E-state index in [0.717, 1.165) is 0 Å². The normalized spacial score (nSPS) is 23.3. The molecule has 1 aliphatic heterocycles. The molecule has 1 rings (SSSR count). The fourth-order valence-electron chi connectivity index (χ4n) is 3.39. The summed E-state index contributed by atoms with van der Waals surface area (Å²) in [6.07, 6.45) is 2.86. The van der Waals surface area contributed by atoms with E-state index >= 15 is 0 Å². The monoisotopic (exact) mass is 330 g/mol. The van der Waals surface area contributed by atoms with Crippen LogP contribution < -0.4 is 0 Å². The van der Waals surface area contributed by atoms with Crippen molar-refractivity contribution < 1.29 is 4.43 Å². The van der Waals surface area contributed by atoms with Crippen molar-refractivity contribution in [3.05, 3.63) is 0 Å². The summed E-state index contributed by atoms with van der Waals surface area (Å²) in [5.41, 5.74) is 0. The van der Waals surface area contributed by atoms with E-state index in [1.165, 1.54) is 18.9 Å². The predicted octanol–water partition coefficient (Wildman–Crippen LogP) is 3.73. The maximum absolute atomic E-state index is 7.23. The van der Waals surface area contributed by atoms with Gasteiger partial charge in [-0.3, -0.25) is 0 Å². The molecule has 0 N–H and O–H groups in total. The lowest BCUT2D eigenvalue weighted by Crippen LogP contribution is -2.72. The fourth-order valence-corrected chi connectivity index (χ4v) is 34.9. The first-order chi connectivity index (χ1) is 8.19. The molecule has 4 radical (unpaired) electrons. The molecule has 1 saturated heterocycles. The number of rotatable bonds is 4. The molecule has 0 aromatic carbocycles. The molecule has 0 saturated carbocycles. The fraction of sp³-hybridized carbons (Fsp3) is 1.00. The van der Waals surface area contributed by atoms with Crippen molar-refractivity contribution in [2.45, 2.75) is 76.1 Å². The third kappa shape index (κ3) is 2.88. The first-order valence-corrected chi connectivity index (χ1v) is 21.2. The third-order valence-electron chi connectivity index (χ3n) is 4.64. The van der Waals surface area contributed by atoms with Crippen molar-refractivity contribution in [2.75, 3.05) is 0 Å². The highest BCUT2D eigenvalue weighted by Gasteiger charge is 2.54. The van der Waals surface area contributed by atoms with Crippen LogP contribution in [-0.2, 0) is 4.43 Å². The van der Waals surface area contributed by atoms with E-state index in [9.17, 15) is 0 Å². The Labute approximate surface area is 122 Å². The SMILES string of the molecule is C[Si](C)C1([Si](C)C)CCC[Si]([Si](C)C)([Si](C)C)O1. The molecule has 104 valence electrons. The molecular formula is C12H30OSi5. The van der Waals surface area contributed by atoms with Crippen LogP contribution in [-0.4, -0.2) is 46.4 Å². The van der Waals surface area contributed by atoms with Crippen LogP contribution in [0.3, 0.4) is 0 Å². The summed E-state index contributed by atoms with van der Waals surface area (Å²) in [7, 11) is -2.49. The zero-order chi connectivity index (χ0) is 14.1. The van der Waals surface area contributed by atoms with E-state index in [-0.39, 0.29) is 34.2 Å². The lowest BCUT2D eigenvalue weighted by atomic mass is 10.3. The summed E-state index contributed by atoms with van der Waals surface area (Å²) in [5.74, 6) is 0. The molecule has 0 atom stereocenters. The highest BCUT2D eigenvalue weighted by Crippen LogP contribution is 2.39. The Morgan fingerprint density at radius 1 is 0.833 bits per heavy atom. The molecule has 18 heavy (non-hydrogen) atoms. The molecule has 0 aromatic heterocycles. The highest BCUT2D eigenvalue weighted by atomic mass is 29.6. The minimum Gasteiger partial charge on any atom is -0.424 e. The molecule has 1 heterocycles. The van der Waals surface area contributed by atoms with Gasteiger partial charge in [0, 0.05) is 4.85 Å². The van der Waals surface area contributed by atoms with Gasteiger partial charge in [-0.25, -0.2) is 0 Å².